The molecule has 112 valence electrons. The third-order valence-corrected chi connectivity index (χ3v) is 8.31. The summed E-state index contributed by atoms with van der Waals surface area (Å²) in [6.07, 6.45) is 5.62. The maximum absolute atomic E-state index is 6.59. The van der Waals surface area contributed by atoms with Gasteiger partial charge in [-0.2, -0.15) is 0 Å². The Morgan fingerprint density at radius 2 is 1.90 bits per heavy atom. The monoisotopic (exact) mass is 319 g/mol. The van der Waals surface area contributed by atoms with Crippen LogP contribution in [0.5, 0.6) is 0 Å². The van der Waals surface area contributed by atoms with Crippen molar-refractivity contribution < 1.29 is 4.74 Å². The number of nitrogens with zero attached hydrogens (tertiary/aromatic N) is 1. The van der Waals surface area contributed by atoms with Gasteiger partial charge in [-0.3, -0.25) is 4.99 Å². The molecule has 1 aliphatic carbocycles. The van der Waals surface area contributed by atoms with Crippen molar-refractivity contribution in [2.45, 2.75) is 60.7 Å². The molecule has 2 aliphatic heterocycles. The highest BCUT2D eigenvalue weighted by Crippen LogP contribution is 2.62. The fourth-order valence-electron chi connectivity index (χ4n) is 3.40. The van der Waals surface area contributed by atoms with Crippen LogP contribution >= 0.6 is 23.5 Å². The number of thioether (sulfide) groups is 2. The van der Waals surface area contributed by atoms with Gasteiger partial charge in [0, 0.05) is 10.8 Å². The maximum Gasteiger partial charge on any atom is 0.191 e. The molecule has 1 aromatic rings. The molecular weight excluding hydrogens is 298 g/mol. The minimum absolute atomic E-state index is 0.176. The van der Waals surface area contributed by atoms with Crippen LogP contribution in [0.15, 0.2) is 35.3 Å². The molecule has 0 N–H and O–H groups in total. The van der Waals surface area contributed by atoms with Crippen molar-refractivity contribution in [3.63, 3.8) is 0 Å². The van der Waals surface area contributed by atoms with E-state index in [9.17, 15) is 0 Å². The van der Waals surface area contributed by atoms with Gasteiger partial charge in [0.1, 0.15) is 10.6 Å². The molecule has 1 aromatic carbocycles. The minimum atomic E-state index is -0.224. The fraction of sp³-hybridized carbons (Fsp3) is 0.588. The van der Waals surface area contributed by atoms with Crippen LogP contribution in [0.3, 0.4) is 0 Å². The standard InChI is InChI=1S/C17H21NOS2/c1-16(2)17(19-13-10-6-7-11-14(13)20-17)21-15(18-16)12-8-4-3-5-9-12/h3-5,8-9,13-14H,6-7,10-11H2,1-2H3/t13-,14-,17+/m0/s1. The van der Waals surface area contributed by atoms with Crippen LogP contribution in [0.4, 0.5) is 0 Å². The number of hydrogen-bond donors (Lipinski definition) is 0. The van der Waals surface area contributed by atoms with E-state index in [-0.39, 0.29) is 9.80 Å². The summed E-state index contributed by atoms with van der Waals surface area (Å²) in [5.74, 6) is 0. The highest BCUT2D eigenvalue weighted by atomic mass is 32.2. The molecule has 2 nitrogen and oxygen atoms in total. The Bertz CT molecular complexity index is 555. The van der Waals surface area contributed by atoms with Gasteiger partial charge in [-0.15, -0.1) is 11.8 Å². The lowest BCUT2D eigenvalue weighted by atomic mass is 9.97. The molecular formula is C17H21NOS2. The van der Waals surface area contributed by atoms with Crippen LogP contribution in [-0.2, 0) is 4.74 Å². The molecule has 3 atom stereocenters. The second-order valence-corrected chi connectivity index (χ2v) is 9.44. The van der Waals surface area contributed by atoms with E-state index in [0.717, 1.165) is 5.04 Å². The summed E-state index contributed by atoms with van der Waals surface area (Å²) in [5, 5.41) is 1.79. The molecule has 1 saturated heterocycles. The first-order valence-corrected chi connectivity index (χ1v) is 9.49. The van der Waals surface area contributed by atoms with Crippen molar-refractivity contribution in [1.82, 2.24) is 0 Å². The lowest BCUT2D eigenvalue weighted by Gasteiger charge is -2.33. The van der Waals surface area contributed by atoms with Gasteiger partial charge in [0.05, 0.1) is 6.10 Å². The molecule has 0 unspecified atom stereocenters. The van der Waals surface area contributed by atoms with Gasteiger partial charge in [-0.1, -0.05) is 54.9 Å². The van der Waals surface area contributed by atoms with Crippen molar-refractivity contribution in [2.75, 3.05) is 0 Å². The second-order valence-electron chi connectivity index (χ2n) is 6.60. The summed E-state index contributed by atoms with van der Waals surface area (Å²) in [5.41, 5.74) is 1.04. The van der Waals surface area contributed by atoms with Crippen LogP contribution in [0.1, 0.15) is 45.1 Å². The summed E-state index contributed by atoms with van der Waals surface area (Å²) >= 11 is 3.87. The Morgan fingerprint density at radius 1 is 1.14 bits per heavy atom. The highest BCUT2D eigenvalue weighted by molar-refractivity contribution is 8.26. The third-order valence-electron chi connectivity index (χ3n) is 4.64. The number of rotatable bonds is 1. The zero-order chi connectivity index (χ0) is 14.5. The summed E-state index contributed by atoms with van der Waals surface area (Å²) in [6.45, 7) is 4.44. The smallest absolute Gasteiger partial charge is 0.191 e. The topological polar surface area (TPSA) is 21.6 Å². The minimum Gasteiger partial charge on any atom is -0.348 e. The first-order chi connectivity index (χ1) is 10.1. The molecule has 4 heteroatoms. The number of aliphatic imine (C=N–C) groups is 1. The van der Waals surface area contributed by atoms with Crippen LogP contribution in [0.25, 0.3) is 0 Å². The average Bonchev–Trinajstić information content (AvgIpc) is 2.98. The van der Waals surface area contributed by atoms with Crippen LogP contribution < -0.4 is 0 Å². The van der Waals surface area contributed by atoms with Crippen LogP contribution in [0, 0.1) is 0 Å². The van der Waals surface area contributed by atoms with Gasteiger partial charge in [0.15, 0.2) is 4.27 Å². The summed E-state index contributed by atoms with van der Waals surface area (Å²) in [6, 6.07) is 10.5. The molecule has 0 bridgehead atoms. The molecule has 2 heterocycles. The zero-order valence-corrected chi connectivity index (χ0v) is 14.2. The van der Waals surface area contributed by atoms with E-state index in [4.69, 9.17) is 9.73 Å². The van der Waals surface area contributed by atoms with E-state index in [0.29, 0.717) is 11.4 Å². The normalized spacial score (nSPS) is 37.5. The van der Waals surface area contributed by atoms with Crippen molar-refractivity contribution in [2.24, 2.45) is 4.99 Å². The number of fused-ring (bicyclic) bond motifs is 1. The molecule has 3 aliphatic rings. The predicted octanol–water partition coefficient (Wildman–Crippen LogP) is 4.69. The molecule has 1 saturated carbocycles. The van der Waals surface area contributed by atoms with Crippen LogP contribution in [0.2, 0.25) is 0 Å². The van der Waals surface area contributed by atoms with Gasteiger partial charge in [0.2, 0.25) is 0 Å². The highest BCUT2D eigenvalue weighted by Gasteiger charge is 2.60. The van der Waals surface area contributed by atoms with Crippen molar-refractivity contribution >= 4 is 28.6 Å². The van der Waals surface area contributed by atoms with Gasteiger partial charge >= 0.3 is 0 Å². The first kappa shape index (κ1) is 14.2. The lowest BCUT2D eigenvalue weighted by Crippen LogP contribution is -2.40. The fourth-order valence-corrected chi connectivity index (χ4v) is 6.99. The van der Waals surface area contributed by atoms with E-state index >= 15 is 0 Å². The molecule has 0 amide bonds. The number of ether oxygens (including phenoxy) is 1. The second kappa shape index (κ2) is 5.04. The first-order valence-electron chi connectivity index (χ1n) is 7.80. The Morgan fingerprint density at radius 3 is 2.67 bits per heavy atom. The Hall–Kier alpha value is -0.450. The van der Waals surface area contributed by atoms with Crippen LogP contribution in [-0.4, -0.2) is 26.2 Å². The third kappa shape index (κ3) is 2.27. The average molecular weight is 319 g/mol. The van der Waals surface area contributed by atoms with Crippen molar-refractivity contribution in [3.8, 4) is 0 Å². The van der Waals surface area contributed by atoms with Crippen molar-refractivity contribution in [3.05, 3.63) is 35.9 Å². The van der Waals surface area contributed by atoms with E-state index in [1.807, 2.05) is 23.5 Å². The molecule has 1 spiro atoms. The van der Waals surface area contributed by atoms with Gasteiger partial charge in [0.25, 0.3) is 0 Å². The largest absolute Gasteiger partial charge is 0.348 e. The molecule has 4 rings (SSSR count). The van der Waals surface area contributed by atoms with E-state index < -0.39 is 0 Å². The van der Waals surface area contributed by atoms with Crippen molar-refractivity contribution in [1.29, 1.82) is 0 Å². The predicted molar refractivity (Wildman–Crippen MR) is 92.1 cm³/mol. The quantitative estimate of drug-likeness (QED) is 0.749. The summed E-state index contributed by atoms with van der Waals surface area (Å²) < 4.78 is 6.37. The van der Waals surface area contributed by atoms with Gasteiger partial charge < -0.3 is 4.74 Å². The Balaban J connectivity index is 1.64. The SMILES string of the molecule is CC1(C)N=C(c2ccccc2)S[C@@]12O[C@H]1CCCC[C@@H]1S2. The molecule has 0 radical (unpaired) electrons. The maximum atomic E-state index is 6.59. The molecule has 21 heavy (non-hydrogen) atoms. The van der Waals surface area contributed by atoms with Gasteiger partial charge in [-0.05, 0) is 26.7 Å². The lowest BCUT2D eigenvalue weighted by molar-refractivity contribution is -0.00575. The van der Waals surface area contributed by atoms with E-state index in [2.05, 4.69) is 44.2 Å². The Kier molecular flexibility index (Phi) is 3.40. The number of hydrogen-bond acceptors (Lipinski definition) is 4. The summed E-state index contributed by atoms with van der Waals surface area (Å²) in [7, 11) is 0. The number of benzene rings is 1. The zero-order valence-electron chi connectivity index (χ0n) is 12.5. The van der Waals surface area contributed by atoms with Gasteiger partial charge in [-0.25, -0.2) is 0 Å². The molecule has 0 aromatic heterocycles. The Labute approximate surface area is 135 Å². The van der Waals surface area contributed by atoms with E-state index in [1.165, 1.54) is 31.2 Å². The van der Waals surface area contributed by atoms with E-state index in [1.54, 1.807) is 0 Å². The molecule has 2 fully saturated rings. The summed E-state index contributed by atoms with van der Waals surface area (Å²) in [4.78, 5) is 5.02.